The minimum Gasteiger partial charge on any atom is -0.350 e. The predicted octanol–water partition coefficient (Wildman–Crippen LogP) is 0.761. The molecule has 8 heteroatoms. The SMILES string of the molecule is CCc1ncnc(N2C[C@@H](N(C)C)[C@@H](n3ccnn3)C2)c1F. The lowest BCUT2D eigenvalue weighted by atomic mass is 10.1. The van der Waals surface area contributed by atoms with Crippen LogP contribution in [0.4, 0.5) is 10.2 Å². The third kappa shape index (κ3) is 2.54. The molecule has 0 saturated carbocycles. The van der Waals surface area contributed by atoms with Crippen LogP contribution in [0.1, 0.15) is 18.7 Å². The van der Waals surface area contributed by atoms with Gasteiger partial charge in [0.05, 0.1) is 24.0 Å². The molecule has 0 aromatic carbocycles. The maximum absolute atomic E-state index is 14.5. The summed E-state index contributed by atoms with van der Waals surface area (Å²) in [5, 5.41) is 7.98. The molecule has 118 valence electrons. The largest absolute Gasteiger partial charge is 0.350 e. The maximum Gasteiger partial charge on any atom is 0.187 e. The Morgan fingerprint density at radius 1 is 1.32 bits per heavy atom. The molecule has 2 aromatic heterocycles. The Morgan fingerprint density at radius 2 is 2.14 bits per heavy atom. The Bertz CT molecular complexity index is 628. The van der Waals surface area contributed by atoms with Crippen molar-refractivity contribution >= 4 is 5.82 Å². The lowest BCUT2D eigenvalue weighted by Gasteiger charge is -2.24. The Balaban J connectivity index is 1.91. The molecular formula is C14H20FN7. The van der Waals surface area contributed by atoms with Crippen molar-refractivity contribution < 1.29 is 4.39 Å². The van der Waals surface area contributed by atoms with E-state index in [2.05, 4.69) is 25.2 Å². The first kappa shape index (κ1) is 14.8. The molecule has 0 N–H and O–H groups in total. The summed E-state index contributed by atoms with van der Waals surface area (Å²) in [6, 6.07) is 0.318. The molecule has 1 saturated heterocycles. The van der Waals surface area contributed by atoms with Crippen LogP contribution in [0.3, 0.4) is 0 Å². The normalized spacial score (nSPS) is 21.8. The summed E-state index contributed by atoms with van der Waals surface area (Å²) in [5.41, 5.74) is 0.454. The number of aromatic nitrogens is 5. The van der Waals surface area contributed by atoms with Crippen molar-refractivity contribution in [2.45, 2.75) is 25.4 Å². The van der Waals surface area contributed by atoms with Gasteiger partial charge in [-0.2, -0.15) is 0 Å². The predicted molar refractivity (Wildman–Crippen MR) is 80.1 cm³/mol. The fraction of sp³-hybridized carbons (Fsp3) is 0.571. The minimum absolute atomic E-state index is 0.108. The third-order valence-electron chi connectivity index (χ3n) is 4.18. The molecule has 3 rings (SSSR count). The number of halogens is 1. The van der Waals surface area contributed by atoms with Crippen molar-refractivity contribution in [2.75, 3.05) is 32.1 Å². The van der Waals surface area contributed by atoms with E-state index in [1.807, 2.05) is 36.8 Å². The fourth-order valence-electron chi connectivity index (χ4n) is 2.97. The van der Waals surface area contributed by atoms with Crippen LogP contribution in [0.2, 0.25) is 0 Å². The highest BCUT2D eigenvalue weighted by atomic mass is 19.1. The first-order valence-electron chi connectivity index (χ1n) is 7.38. The van der Waals surface area contributed by atoms with Gasteiger partial charge in [0.25, 0.3) is 0 Å². The maximum atomic E-state index is 14.5. The van der Waals surface area contributed by atoms with Crippen LogP contribution in [-0.2, 0) is 6.42 Å². The van der Waals surface area contributed by atoms with E-state index in [9.17, 15) is 4.39 Å². The van der Waals surface area contributed by atoms with Crippen molar-refractivity contribution in [3.63, 3.8) is 0 Å². The van der Waals surface area contributed by atoms with Crippen molar-refractivity contribution in [2.24, 2.45) is 0 Å². The Kier molecular flexibility index (Phi) is 4.02. The highest BCUT2D eigenvalue weighted by Crippen LogP contribution is 2.29. The van der Waals surface area contributed by atoms with E-state index in [-0.39, 0.29) is 17.9 Å². The highest BCUT2D eigenvalue weighted by molar-refractivity contribution is 5.43. The summed E-state index contributed by atoms with van der Waals surface area (Å²) < 4.78 is 16.3. The second-order valence-electron chi connectivity index (χ2n) is 5.70. The molecule has 0 aliphatic carbocycles. The van der Waals surface area contributed by atoms with Gasteiger partial charge in [-0.3, -0.25) is 0 Å². The summed E-state index contributed by atoms with van der Waals surface area (Å²) in [5.74, 6) is 0.0584. The smallest absolute Gasteiger partial charge is 0.187 e. The molecule has 0 amide bonds. The van der Waals surface area contributed by atoms with Gasteiger partial charge in [0, 0.05) is 19.3 Å². The molecular weight excluding hydrogens is 285 g/mol. The van der Waals surface area contributed by atoms with E-state index >= 15 is 0 Å². The zero-order chi connectivity index (χ0) is 15.7. The monoisotopic (exact) mass is 305 g/mol. The second kappa shape index (κ2) is 5.96. The first-order chi connectivity index (χ1) is 10.6. The fourth-order valence-corrected chi connectivity index (χ4v) is 2.97. The van der Waals surface area contributed by atoms with Gasteiger partial charge in [0.15, 0.2) is 11.6 Å². The molecule has 0 spiro atoms. The molecule has 2 aromatic rings. The molecule has 0 bridgehead atoms. The van der Waals surface area contributed by atoms with Crippen molar-refractivity contribution in [3.05, 3.63) is 30.2 Å². The van der Waals surface area contributed by atoms with E-state index in [0.717, 1.165) is 0 Å². The van der Waals surface area contributed by atoms with E-state index in [1.165, 1.54) is 6.33 Å². The molecule has 0 radical (unpaired) electrons. The summed E-state index contributed by atoms with van der Waals surface area (Å²) in [6.07, 6.45) is 5.50. The van der Waals surface area contributed by atoms with Gasteiger partial charge >= 0.3 is 0 Å². The number of hydrogen-bond acceptors (Lipinski definition) is 6. The first-order valence-corrected chi connectivity index (χ1v) is 7.38. The van der Waals surface area contributed by atoms with Crippen LogP contribution in [0.15, 0.2) is 18.7 Å². The molecule has 22 heavy (non-hydrogen) atoms. The van der Waals surface area contributed by atoms with Gasteiger partial charge < -0.3 is 9.80 Å². The van der Waals surface area contributed by atoms with Gasteiger partial charge in [-0.25, -0.2) is 19.0 Å². The number of hydrogen-bond donors (Lipinski definition) is 0. The lowest BCUT2D eigenvalue weighted by Crippen LogP contribution is -2.36. The molecule has 7 nitrogen and oxygen atoms in total. The van der Waals surface area contributed by atoms with Crippen LogP contribution >= 0.6 is 0 Å². The summed E-state index contributed by atoms with van der Waals surface area (Å²) in [6.45, 7) is 3.22. The number of likely N-dealkylation sites (N-methyl/N-ethyl adjacent to an activating group) is 1. The van der Waals surface area contributed by atoms with E-state index in [1.54, 1.807) is 6.20 Å². The Hall–Kier alpha value is -2.09. The van der Waals surface area contributed by atoms with Gasteiger partial charge in [0.2, 0.25) is 0 Å². The van der Waals surface area contributed by atoms with Crippen molar-refractivity contribution in [3.8, 4) is 0 Å². The van der Waals surface area contributed by atoms with Gasteiger partial charge in [-0.1, -0.05) is 12.1 Å². The van der Waals surface area contributed by atoms with Gasteiger partial charge in [-0.15, -0.1) is 5.10 Å². The molecule has 1 aliphatic heterocycles. The summed E-state index contributed by atoms with van der Waals surface area (Å²) >= 11 is 0. The average Bonchev–Trinajstić information content (AvgIpc) is 3.16. The molecule has 3 heterocycles. The van der Waals surface area contributed by atoms with Crippen molar-refractivity contribution in [1.82, 2.24) is 29.9 Å². The van der Waals surface area contributed by atoms with Crippen LogP contribution in [0.25, 0.3) is 0 Å². The van der Waals surface area contributed by atoms with Crippen LogP contribution in [0.5, 0.6) is 0 Å². The second-order valence-corrected chi connectivity index (χ2v) is 5.70. The summed E-state index contributed by atoms with van der Waals surface area (Å²) in [4.78, 5) is 12.3. The number of rotatable bonds is 4. The average molecular weight is 305 g/mol. The molecule has 2 atom stereocenters. The standard InChI is InChI=1S/C14H20FN7/c1-4-10-13(15)14(17-9-16-10)21-7-11(20(2)3)12(8-21)22-6-5-18-19-22/h5-6,9,11-12H,4,7-8H2,1-3H3/t11-,12+/m1/s1. The summed E-state index contributed by atoms with van der Waals surface area (Å²) in [7, 11) is 4.04. The van der Waals surface area contributed by atoms with Gasteiger partial charge in [-0.05, 0) is 20.5 Å². The highest BCUT2D eigenvalue weighted by Gasteiger charge is 2.37. The van der Waals surface area contributed by atoms with Gasteiger partial charge in [0.1, 0.15) is 6.33 Å². The van der Waals surface area contributed by atoms with E-state index in [4.69, 9.17) is 0 Å². The lowest BCUT2D eigenvalue weighted by molar-refractivity contribution is 0.243. The number of anilines is 1. The number of aryl methyl sites for hydroxylation is 1. The number of nitrogens with zero attached hydrogens (tertiary/aromatic N) is 7. The van der Waals surface area contributed by atoms with Crippen LogP contribution < -0.4 is 4.90 Å². The molecule has 1 aliphatic rings. The molecule has 0 unspecified atom stereocenters. The zero-order valence-electron chi connectivity index (χ0n) is 13.0. The van der Waals surface area contributed by atoms with Crippen molar-refractivity contribution in [1.29, 1.82) is 0 Å². The third-order valence-corrected chi connectivity index (χ3v) is 4.18. The van der Waals surface area contributed by atoms with E-state index < -0.39 is 0 Å². The topological polar surface area (TPSA) is 63.0 Å². The molecule has 1 fully saturated rings. The van der Waals surface area contributed by atoms with Crippen LogP contribution in [0, 0.1) is 5.82 Å². The zero-order valence-corrected chi connectivity index (χ0v) is 13.0. The quantitative estimate of drug-likeness (QED) is 0.831. The Morgan fingerprint density at radius 3 is 2.77 bits per heavy atom. The Labute approximate surface area is 128 Å². The van der Waals surface area contributed by atoms with E-state index in [0.29, 0.717) is 31.0 Å². The van der Waals surface area contributed by atoms with Crippen LogP contribution in [-0.4, -0.2) is 63.1 Å². The minimum atomic E-state index is -0.318.